The van der Waals surface area contributed by atoms with Gasteiger partial charge in [-0.15, -0.1) is 0 Å². The Hall–Kier alpha value is -2.43. The summed E-state index contributed by atoms with van der Waals surface area (Å²) in [5.74, 6) is 0.620. The SMILES string of the molecule is Cc1ccc(C)c(NC(=O)c2cnc(N3CCCC3)cn2)c1. The third-order valence-electron chi connectivity index (χ3n) is 3.94. The zero-order chi connectivity index (χ0) is 15.5. The number of hydrogen-bond acceptors (Lipinski definition) is 4. The van der Waals surface area contributed by atoms with Gasteiger partial charge in [-0.3, -0.25) is 4.79 Å². The van der Waals surface area contributed by atoms with Gasteiger partial charge in [-0.05, 0) is 43.9 Å². The summed E-state index contributed by atoms with van der Waals surface area (Å²) in [6.07, 6.45) is 5.62. The first-order valence-electron chi connectivity index (χ1n) is 7.59. The van der Waals surface area contributed by atoms with Crippen LogP contribution in [-0.4, -0.2) is 29.0 Å². The molecule has 0 saturated carbocycles. The van der Waals surface area contributed by atoms with Gasteiger partial charge in [0.25, 0.3) is 5.91 Å². The second-order valence-electron chi connectivity index (χ2n) is 5.73. The van der Waals surface area contributed by atoms with Gasteiger partial charge in [0, 0.05) is 18.8 Å². The molecule has 1 aliphatic heterocycles. The Morgan fingerprint density at radius 1 is 1.14 bits per heavy atom. The molecular weight excluding hydrogens is 276 g/mol. The molecule has 1 aromatic carbocycles. The van der Waals surface area contributed by atoms with Crippen molar-refractivity contribution in [3.63, 3.8) is 0 Å². The number of aromatic nitrogens is 2. The van der Waals surface area contributed by atoms with Gasteiger partial charge in [0.2, 0.25) is 0 Å². The monoisotopic (exact) mass is 296 g/mol. The van der Waals surface area contributed by atoms with Crippen LogP contribution in [0.25, 0.3) is 0 Å². The van der Waals surface area contributed by atoms with E-state index in [2.05, 4.69) is 20.2 Å². The Morgan fingerprint density at radius 3 is 2.59 bits per heavy atom. The average Bonchev–Trinajstić information content (AvgIpc) is 3.05. The molecule has 0 aliphatic carbocycles. The number of nitrogens with one attached hydrogen (secondary N) is 1. The standard InChI is InChI=1S/C17H20N4O/c1-12-5-6-13(2)14(9-12)20-17(22)15-10-19-16(11-18-15)21-7-3-4-8-21/h5-6,9-11H,3-4,7-8H2,1-2H3,(H,20,22). The lowest BCUT2D eigenvalue weighted by molar-refractivity contribution is 0.102. The summed E-state index contributed by atoms with van der Waals surface area (Å²) in [4.78, 5) is 23.1. The number of aryl methyl sites for hydroxylation is 2. The second-order valence-corrected chi connectivity index (χ2v) is 5.73. The maximum absolute atomic E-state index is 12.3. The summed E-state index contributed by atoms with van der Waals surface area (Å²) in [6, 6.07) is 5.97. The van der Waals surface area contributed by atoms with Gasteiger partial charge in [-0.25, -0.2) is 9.97 Å². The number of nitrogens with zero attached hydrogens (tertiary/aromatic N) is 3. The van der Waals surface area contributed by atoms with Crippen molar-refractivity contribution in [1.82, 2.24) is 9.97 Å². The Morgan fingerprint density at radius 2 is 1.91 bits per heavy atom. The fourth-order valence-corrected chi connectivity index (χ4v) is 2.60. The molecule has 0 atom stereocenters. The first-order chi connectivity index (χ1) is 10.6. The van der Waals surface area contributed by atoms with Crippen LogP contribution in [0.1, 0.15) is 34.5 Å². The van der Waals surface area contributed by atoms with Crippen LogP contribution in [0.3, 0.4) is 0 Å². The Bertz CT molecular complexity index is 676. The quantitative estimate of drug-likeness (QED) is 0.946. The number of carbonyl (C=O) groups excluding carboxylic acids is 1. The van der Waals surface area contributed by atoms with Gasteiger partial charge in [0.1, 0.15) is 11.5 Å². The van der Waals surface area contributed by atoms with E-state index in [1.807, 2.05) is 32.0 Å². The minimum atomic E-state index is -0.228. The normalized spacial score (nSPS) is 14.2. The van der Waals surface area contributed by atoms with E-state index < -0.39 is 0 Å². The molecule has 0 radical (unpaired) electrons. The van der Waals surface area contributed by atoms with E-state index in [0.29, 0.717) is 5.69 Å². The van der Waals surface area contributed by atoms with E-state index in [1.54, 1.807) is 12.4 Å². The zero-order valence-corrected chi connectivity index (χ0v) is 13.0. The molecule has 1 amide bonds. The first kappa shape index (κ1) is 14.5. The Kier molecular flexibility index (Phi) is 4.04. The Labute approximate surface area is 130 Å². The lowest BCUT2D eigenvalue weighted by Crippen LogP contribution is -2.20. The molecule has 0 spiro atoms. The van der Waals surface area contributed by atoms with E-state index >= 15 is 0 Å². The van der Waals surface area contributed by atoms with Gasteiger partial charge in [0.05, 0.1) is 12.4 Å². The molecule has 2 aromatic rings. The van der Waals surface area contributed by atoms with Crippen LogP contribution in [0.5, 0.6) is 0 Å². The minimum Gasteiger partial charge on any atom is -0.355 e. The first-order valence-corrected chi connectivity index (χ1v) is 7.59. The summed E-state index contributed by atoms with van der Waals surface area (Å²) in [5.41, 5.74) is 3.29. The zero-order valence-electron chi connectivity index (χ0n) is 13.0. The highest BCUT2D eigenvalue weighted by Gasteiger charge is 2.15. The van der Waals surface area contributed by atoms with E-state index in [0.717, 1.165) is 35.7 Å². The summed E-state index contributed by atoms with van der Waals surface area (Å²) in [7, 11) is 0. The number of carbonyl (C=O) groups is 1. The predicted molar refractivity (Wildman–Crippen MR) is 87.3 cm³/mol. The van der Waals surface area contributed by atoms with Crippen LogP contribution in [0.4, 0.5) is 11.5 Å². The van der Waals surface area contributed by atoms with Gasteiger partial charge in [-0.1, -0.05) is 12.1 Å². The van der Waals surface area contributed by atoms with E-state index in [9.17, 15) is 4.79 Å². The van der Waals surface area contributed by atoms with Crippen molar-refractivity contribution in [2.75, 3.05) is 23.3 Å². The molecule has 2 heterocycles. The molecule has 1 fully saturated rings. The molecule has 1 saturated heterocycles. The van der Waals surface area contributed by atoms with E-state index in [1.165, 1.54) is 12.8 Å². The van der Waals surface area contributed by atoms with Crippen molar-refractivity contribution in [3.8, 4) is 0 Å². The maximum atomic E-state index is 12.3. The smallest absolute Gasteiger partial charge is 0.275 e. The van der Waals surface area contributed by atoms with Crippen molar-refractivity contribution in [2.45, 2.75) is 26.7 Å². The van der Waals surface area contributed by atoms with Crippen molar-refractivity contribution in [2.24, 2.45) is 0 Å². The topological polar surface area (TPSA) is 58.1 Å². The summed E-state index contributed by atoms with van der Waals surface area (Å²) in [6.45, 7) is 6.00. The summed E-state index contributed by atoms with van der Waals surface area (Å²) < 4.78 is 0. The third kappa shape index (κ3) is 3.08. The summed E-state index contributed by atoms with van der Waals surface area (Å²) >= 11 is 0. The summed E-state index contributed by atoms with van der Waals surface area (Å²) in [5, 5.41) is 2.90. The number of hydrogen-bond donors (Lipinski definition) is 1. The molecule has 22 heavy (non-hydrogen) atoms. The molecule has 1 aromatic heterocycles. The lowest BCUT2D eigenvalue weighted by atomic mass is 10.1. The molecule has 1 N–H and O–H groups in total. The van der Waals surface area contributed by atoms with Gasteiger partial charge >= 0.3 is 0 Å². The van der Waals surface area contributed by atoms with Crippen molar-refractivity contribution in [3.05, 3.63) is 47.4 Å². The second kappa shape index (κ2) is 6.13. The van der Waals surface area contributed by atoms with Gasteiger partial charge in [0.15, 0.2) is 0 Å². The van der Waals surface area contributed by atoms with Crippen LogP contribution in [0.2, 0.25) is 0 Å². The number of benzene rings is 1. The molecule has 0 bridgehead atoms. The Balaban J connectivity index is 1.73. The average molecular weight is 296 g/mol. The maximum Gasteiger partial charge on any atom is 0.275 e. The van der Waals surface area contributed by atoms with Crippen molar-refractivity contribution < 1.29 is 4.79 Å². The molecule has 0 unspecified atom stereocenters. The highest BCUT2D eigenvalue weighted by atomic mass is 16.1. The fourth-order valence-electron chi connectivity index (χ4n) is 2.60. The molecule has 114 valence electrons. The van der Waals surface area contributed by atoms with Crippen LogP contribution >= 0.6 is 0 Å². The van der Waals surface area contributed by atoms with E-state index in [-0.39, 0.29) is 5.91 Å². The minimum absolute atomic E-state index is 0.228. The number of rotatable bonds is 3. The number of anilines is 2. The fraction of sp³-hybridized carbons (Fsp3) is 0.353. The molecule has 3 rings (SSSR count). The molecule has 1 aliphatic rings. The lowest BCUT2D eigenvalue weighted by Gasteiger charge is -2.15. The van der Waals surface area contributed by atoms with Crippen LogP contribution in [0, 0.1) is 13.8 Å². The largest absolute Gasteiger partial charge is 0.355 e. The highest BCUT2D eigenvalue weighted by molar-refractivity contribution is 6.03. The molecule has 5 nitrogen and oxygen atoms in total. The van der Waals surface area contributed by atoms with Crippen molar-refractivity contribution in [1.29, 1.82) is 0 Å². The molecule has 5 heteroatoms. The van der Waals surface area contributed by atoms with Gasteiger partial charge in [-0.2, -0.15) is 0 Å². The molecular formula is C17H20N4O. The van der Waals surface area contributed by atoms with Crippen LogP contribution in [-0.2, 0) is 0 Å². The third-order valence-corrected chi connectivity index (χ3v) is 3.94. The highest BCUT2D eigenvalue weighted by Crippen LogP contribution is 2.18. The van der Waals surface area contributed by atoms with Crippen LogP contribution in [0.15, 0.2) is 30.6 Å². The van der Waals surface area contributed by atoms with Crippen LogP contribution < -0.4 is 10.2 Å². The predicted octanol–water partition coefficient (Wildman–Crippen LogP) is 2.95. The van der Waals surface area contributed by atoms with Crippen molar-refractivity contribution >= 4 is 17.4 Å². The van der Waals surface area contributed by atoms with E-state index in [4.69, 9.17) is 0 Å². The van der Waals surface area contributed by atoms with Gasteiger partial charge < -0.3 is 10.2 Å². The number of amides is 1.